The van der Waals surface area contributed by atoms with E-state index in [0.717, 1.165) is 5.56 Å². The first-order valence-corrected chi connectivity index (χ1v) is 6.86. The van der Waals surface area contributed by atoms with Crippen LogP contribution in [0.25, 0.3) is 0 Å². The number of carbonyl (C=O) groups is 2. The lowest BCUT2D eigenvalue weighted by molar-refractivity contribution is -0.144. The van der Waals surface area contributed by atoms with Crippen molar-refractivity contribution in [2.24, 2.45) is 11.8 Å². The third-order valence-electron chi connectivity index (χ3n) is 3.68. The maximum atomic E-state index is 11.9. The average molecular weight is 297 g/mol. The molecular weight excluding hydrogens is 280 g/mol. The van der Waals surface area contributed by atoms with E-state index < -0.39 is 11.9 Å². The van der Waals surface area contributed by atoms with Crippen LogP contribution in [0, 0.1) is 11.8 Å². The molecule has 0 spiro atoms. The minimum Gasteiger partial charge on any atom is -0.481 e. The van der Waals surface area contributed by atoms with Crippen molar-refractivity contribution in [2.45, 2.75) is 13.5 Å². The number of hydrogen-bond acceptors (Lipinski definition) is 2. The summed E-state index contributed by atoms with van der Waals surface area (Å²) in [6, 6.07) is 7.15. The summed E-state index contributed by atoms with van der Waals surface area (Å²) in [5.74, 6) is -1.19. The van der Waals surface area contributed by atoms with Crippen molar-refractivity contribution < 1.29 is 14.7 Å². The molecular formula is C14H17ClN2O3. The van der Waals surface area contributed by atoms with E-state index in [1.165, 1.54) is 0 Å². The maximum Gasteiger partial charge on any atom is 0.317 e. The summed E-state index contributed by atoms with van der Waals surface area (Å²) >= 11 is 6.00. The van der Waals surface area contributed by atoms with E-state index in [1.807, 2.05) is 18.2 Å². The summed E-state index contributed by atoms with van der Waals surface area (Å²) in [5, 5.41) is 12.3. The minimum absolute atomic E-state index is 0.0403. The smallest absolute Gasteiger partial charge is 0.317 e. The molecule has 1 heterocycles. The number of hydrogen-bond donors (Lipinski definition) is 2. The first-order valence-electron chi connectivity index (χ1n) is 6.48. The van der Waals surface area contributed by atoms with Gasteiger partial charge in [-0.2, -0.15) is 0 Å². The number of halogens is 1. The lowest BCUT2D eigenvalue weighted by Crippen LogP contribution is -2.56. The Labute approximate surface area is 122 Å². The summed E-state index contributed by atoms with van der Waals surface area (Å²) in [4.78, 5) is 24.3. The third-order valence-corrected chi connectivity index (χ3v) is 4.05. The van der Waals surface area contributed by atoms with Crippen LogP contribution in [0.5, 0.6) is 0 Å². The Morgan fingerprint density at radius 1 is 1.45 bits per heavy atom. The van der Waals surface area contributed by atoms with Gasteiger partial charge in [0.25, 0.3) is 0 Å². The highest BCUT2D eigenvalue weighted by Crippen LogP contribution is 2.24. The second-order valence-corrected chi connectivity index (χ2v) is 5.45. The molecule has 2 rings (SSSR count). The molecule has 1 atom stereocenters. The van der Waals surface area contributed by atoms with Gasteiger partial charge in [0.1, 0.15) is 0 Å². The number of nitrogens with one attached hydrogen (secondary N) is 1. The van der Waals surface area contributed by atoms with Crippen LogP contribution >= 0.6 is 11.6 Å². The van der Waals surface area contributed by atoms with Crippen LogP contribution in [0.4, 0.5) is 4.79 Å². The fraction of sp³-hybridized carbons (Fsp3) is 0.429. The molecule has 1 unspecified atom stereocenters. The van der Waals surface area contributed by atoms with Gasteiger partial charge in [-0.15, -0.1) is 0 Å². The molecule has 0 bridgehead atoms. The van der Waals surface area contributed by atoms with E-state index in [1.54, 1.807) is 17.9 Å². The van der Waals surface area contributed by atoms with Crippen molar-refractivity contribution in [3.63, 3.8) is 0 Å². The number of benzene rings is 1. The maximum absolute atomic E-state index is 11.9. The van der Waals surface area contributed by atoms with Crippen molar-refractivity contribution >= 4 is 23.6 Å². The molecule has 6 heteroatoms. The molecule has 1 aliphatic heterocycles. The number of aliphatic carboxylic acids is 1. The minimum atomic E-state index is -0.814. The van der Waals surface area contributed by atoms with Crippen molar-refractivity contribution in [3.8, 4) is 0 Å². The number of likely N-dealkylation sites (tertiary alicyclic amines) is 1. The Morgan fingerprint density at radius 3 is 2.70 bits per heavy atom. The Bertz CT molecular complexity index is 515. The lowest BCUT2D eigenvalue weighted by Gasteiger charge is -2.41. The van der Waals surface area contributed by atoms with E-state index >= 15 is 0 Å². The number of carboxylic acids is 1. The van der Waals surface area contributed by atoms with E-state index in [9.17, 15) is 9.59 Å². The standard InChI is InChI=1S/C14H17ClN2O3/c1-9(13(18)19)11-7-17(8-11)14(20)16-6-10-4-2-3-5-12(10)15/h2-5,9,11H,6-8H2,1H3,(H,16,20)(H,18,19). The number of urea groups is 1. The lowest BCUT2D eigenvalue weighted by atomic mass is 9.87. The molecule has 20 heavy (non-hydrogen) atoms. The molecule has 1 aliphatic rings. The zero-order valence-electron chi connectivity index (χ0n) is 11.2. The molecule has 0 saturated carbocycles. The molecule has 0 aliphatic carbocycles. The summed E-state index contributed by atoms with van der Waals surface area (Å²) in [6.45, 7) is 3.02. The molecule has 0 aromatic heterocycles. The fourth-order valence-electron chi connectivity index (χ4n) is 2.12. The van der Waals surface area contributed by atoms with Crippen LogP contribution in [0.15, 0.2) is 24.3 Å². The third kappa shape index (κ3) is 3.22. The van der Waals surface area contributed by atoms with Gasteiger partial charge < -0.3 is 15.3 Å². The van der Waals surface area contributed by atoms with Gasteiger partial charge in [0, 0.05) is 30.6 Å². The van der Waals surface area contributed by atoms with Crippen molar-refractivity contribution in [3.05, 3.63) is 34.9 Å². The van der Waals surface area contributed by atoms with E-state index in [4.69, 9.17) is 16.7 Å². The van der Waals surface area contributed by atoms with E-state index in [2.05, 4.69) is 5.32 Å². The Hall–Kier alpha value is -1.75. The summed E-state index contributed by atoms with van der Waals surface area (Å²) in [7, 11) is 0. The molecule has 0 radical (unpaired) electrons. The van der Waals surface area contributed by atoms with Gasteiger partial charge in [-0.25, -0.2) is 4.79 Å². The van der Waals surface area contributed by atoms with Gasteiger partial charge in [0.05, 0.1) is 5.92 Å². The molecule has 2 amide bonds. The molecule has 1 aromatic rings. The zero-order chi connectivity index (χ0) is 14.7. The van der Waals surface area contributed by atoms with Crippen molar-refractivity contribution in [1.29, 1.82) is 0 Å². The van der Waals surface area contributed by atoms with Crippen LogP contribution in [0.3, 0.4) is 0 Å². The number of rotatable bonds is 4. The molecule has 2 N–H and O–H groups in total. The second-order valence-electron chi connectivity index (χ2n) is 5.04. The van der Waals surface area contributed by atoms with Crippen LogP contribution in [0.1, 0.15) is 12.5 Å². The normalized spacial score (nSPS) is 16.4. The van der Waals surface area contributed by atoms with Gasteiger partial charge in [0.15, 0.2) is 0 Å². The average Bonchev–Trinajstić information content (AvgIpc) is 2.35. The van der Waals surface area contributed by atoms with Crippen LogP contribution in [-0.4, -0.2) is 35.1 Å². The van der Waals surface area contributed by atoms with Gasteiger partial charge >= 0.3 is 12.0 Å². The predicted molar refractivity (Wildman–Crippen MR) is 75.6 cm³/mol. The largest absolute Gasteiger partial charge is 0.481 e. The summed E-state index contributed by atoms with van der Waals surface area (Å²) in [6.07, 6.45) is 0. The SMILES string of the molecule is CC(C(=O)O)C1CN(C(=O)NCc2ccccc2Cl)C1. The first-order chi connectivity index (χ1) is 9.49. The van der Waals surface area contributed by atoms with Crippen LogP contribution in [0.2, 0.25) is 5.02 Å². The quantitative estimate of drug-likeness (QED) is 0.895. The molecule has 1 aromatic carbocycles. The first kappa shape index (κ1) is 14.7. The summed E-state index contributed by atoms with van der Waals surface area (Å²) in [5.41, 5.74) is 0.860. The van der Waals surface area contributed by atoms with Gasteiger partial charge in [-0.05, 0) is 11.6 Å². The highest BCUT2D eigenvalue weighted by molar-refractivity contribution is 6.31. The monoisotopic (exact) mass is 296 g/mol. The number of nitrogens with zero attached hydrogens (tertiary/aromatic N) is 1. The highest BCUT2D eigenvalue weighted by atomic mass is 35.5. The molecule has 1 fully saturated rings. The molecule has 108 valence electrons. The van der Waals surface area contributed by atoms with Crippen molar-refractivity contribution in [2.75, 3.05) is 13.1 Å². The van der Waals surface area contributed by atoms with Gasteiger partial charge in [0.2, 0.25) is 0 Å². The number of carbonyl (C=O) groups excluding carboxylic acids is 1. The van der Waals surface area contributed by atoms with Crippen LogP contribution in [-0.2, 0) is 11.3 Å². The zero-order valence-corrected chi connectivity index (χ0v) is 11.9. The summed E-state index contributed by atoms with van der Waals surface area (Å²) < 4.78 is 0. The predicted octanol–water partition coefficient (Wildman–Crippen LogP) is 2.20. The topological polar surface area (TPSA) is 69.6 Å². The van der Waals surface area contributed by atoms with Gasteiger partial charge in [-0.3, -0.25) is 4.79 Å². The van der Waals surface area contributed by atoms with Crippen molar-refractivity contribution in [1.82, 2.24) is 10.2 Å². The molecule has 5 nitrogen and oxygen atoms in total. The number of carboxylic acid groups (broad SMARTS) is 1. The number of amides is 2. The fourth-order valence-corrected chi connectivity index (χ4v) is 2.32. The van der Waals surface area contributed by atoms with E-state index in [0.29, 0.717) is 24.7 Å². The highest BCUT2D eigenvalue weighted by Gasteiger charge is 2.37. The van der Waals surface area contributed by atoms with Crippen LogP contribution < -0.4 is 5.32 Å². The molecule has 1 saturated heterocycles. The Morgan fingerprint density at radius 2 is 2.10 bits per heavy atom. The Balaban J connectivity index is 1.78. The van der Waals surface area contributed by atoms with Gasteiger partial charge in [-0.1, -0.05) is 36.7 Å². The second kappa shape index (κ2) is 6.13. The van der Waals surface area contributed by atoms with E-state index in [-0.39, 0.29) is 11.9 Å². The Kier molecular flexibility index (Phi) is 4.49.